The van der Waals surface area contributed by atoms with Crippen LogP contribution in [0.15, 0.2) is 23.8 Å². The third-order valence-electron chi connectivity index (χ3n) is 2.46. The van der Waals surface area contributed by atoms with Gasteiger partial charge in [0.05, 0.1) is 18.6 Å². The van der Waals surface area contributed by atoms with Crippen LogP contribution in [0.25, 0.3) is 0 Å². The van der Waals surface area contributed by atoms with E-state index in [0.29, 0.717) is 18.1 Å². The quantitative estimate of drug-likeness (QED) is 0.592. The van der Waals surface area contributed by atoms with Crippen molar-refractivity contribution in [2.24, 2.45) is 11.8 Å². The molecule has 1 N–H and O–H groups in total. The van der Waals surface area contributed by atoms with Crippen LogP contribution in [0.4, 0.5) is 0 Å². The van der Waals surface area contributed by atoms with Crippen LogP contribution in [0.1, 0.15) is 13.3 Å². The minimum Gasteiger partial charge on any atom is -0.465 e. The van der Waals surface area contributed by atoms with Crippen molar-refractivity contribution in [3.63, 3.8) is 0 Å². The lowest BCUT2D eigenvalue weighted by molar-refractivity contribution is -0.143. The molecule has 1 heterocycles. The molecule has 0 spiro atoms. The molecular formula is C11H15ClO3. The standard InChI is InChI=1S/C11H15ClO3/c1-3-4-9(13)10-8(5-7(2)12)6-15-11(10)14/h3-4,8-10,13H,2,5-6H2,1H3/b4-3+/t8-,9-,10-/m0/s1. The minimum absolute atomic E-state index is 0.0753. The van der Waals surface area contributed by atoms with E-state index >= 15 is 0 Å². The maximum Gasteiger partial charge on any atom is 0.312 e. The van der Waals surface area contributed by atoms with Crippen molar-refractivity contribution in [2.75, 3.05) is 6.61 Å². The monoisotopic (exact) mass is 230 g/mol. The number of rotatable bonds is 4. The normalized spacial score (nSPS) is 28.1. The van der Waals surface area contributed by atoms with E-state index in [4.69, 9.17) is 16.3 Å². The second-order valence-corrected chi connectivity index (χ2v) is 4.19. The van der Waals surface area contributed by atoms with E-state index in [1.54, 1.807) is 19.1 Å². The number of aliphatic hydroxyl groups excluding tert-OH is 1. The molecule has 0 aliphatic carbocycles. The van der Waals surface area contributed by atoms with Gasteiger partial charge in [-0.15, -0.1) is 0 Å². The number of carbonyl (C=O) groups is 1. The van der Waals surface area contributed by atoms with Crippen molar-refractivity contribution in [3.05, 3.63) is 23.8 Å². The van der Waals surface area contributed by atoms with Gasteiger partial charge < -0.3 is 9.84 Å². The van der Waals surface area contributed by atoms with Crippen LogP contribution in [-0.4, -0.2) is 23.8 Å². The molecule has 1 rings (SSSR count). The van der Waals surface area contributed by atoms with Crippen molar-refractivity contribution in [1.82, 2.24) is 0 Å². The number of allylic oxidation sites excluding steroid dienone is 2. The predicted octanol–water partition coefficient (Wildman–Crippen LogP) is 1.86. The Bertz CT molecular complexity index is 286. The van der Waals surface area contributed by atoms with Crippen LogP contribution in [0.3, 0.4) is 0 Å². The van der Waals surface area contributed by atoms with Gasteiger partial charge in [0.2, 0.25) is 0 Å². The van der Waals surface area contributed by atoms with Crippen molar-refractivity contribution >= 4 is 17.6 Å². The smallest absolute Gasteiger partial charge is 0.312 e. The fraction of sp³-hybridized carbons (Fsp3) is 0.545. The molecule has 0 aromatic rings. The zero-order valence-electron chi connectivity index (χ0n) is 8.65. The van der Waals surface area contributed by atoms with Crippen molar-refractivity contribution in [3.8, 4) is 0 Å². The van der Waals surface area contributed by atoms with Crippen LogP contribution in [0.5, 0.6) is 0 Å². The average molecular weight is 231 g/mol. The zero-order chi connectivity index (χ0) is 11.4. The molecule has 1 aliphatic heterocycles. The fourth-order valence-corrected chi connectivity index (χ4v) is 1.99. The Kier molecular flexibility index (Phi) is 4.36. The number of hydrogen-bond acceptors (Lipinski definition) is 3. The Morgan fingerprint density at radius 3 is 3.07 bits per heavy atom. The maximum atomic E-state index is 11.4. The summed E-state index contributed by atoms with van der Waals surface area (Å²) >= 11 is 5.69. The Morgan fingerprint density at radius 1 is 1.87 bits per heavy atom. The molecular weight excluding hydrogens is 216 g/mol. The van der Waals surface area contributed by atoms with Crippen molar-refractivity contribution in [1.29, 1.82) is 0 Å². The second kappa shape index (κ2) is 5.33. The lowest BCUT2D eigenvalue weighted by Crippen LogP contribution is -2.28. The Morgan fingerprint density at radius 2 is 2.53 bits per heavy atom. The van der Waals surface area contributed by atoms with E-state index in [2.05, 4.69) is 6.58 Å². The van der Waals surface area contributed by atoms with E-state index in [1.165, 1.54) is 0 Å². The maximum absolute atomic E-state index is 11.4. The van der Waals surface area contributed by atoms with E-state index in [1.807, 2.05) is 0 Å². The minimum atomic E-state index is -0.800. The summed E-state index contributed by atoms with van der Waals surface area (Å²) in [6, 6.07) is 0. The number of aliphatic hydroxyl groups is 1. The van der Waals surface area contributed by atoms with Gasteiger partial charge in [-0.05, 0) is 13.3 Å². The third kappa shape index (κ3) is 3.08. The molecule has 3 nitrogen and oxygen atoms in total. The second-order valence-electron chi connectivity index (χ2n) is 3.65. The molecule has 84 valence electrons. The fourth-order valence-electron chi connectivity index (χ4n) is 1.79. The first-order valence-corrected chi connectivity index (χ1v) is 5.25. The Balaban J connectivity index is 2.72. The first kappa shape index (κ1) is 12.3. The molecule has 3 atom stereocenters. The van der Waals surface area contributed by atoms with Crippen molar-refractivity contribution < 1.29 is 14.6 Å². The molecule has 0 aromatic carbocycles. The van der Waals surface area contributed by atoms with Gasteiger partial charge >= 0.3 is 5.97 Å². The molecule has 1 aliphatic rings. The number of carbonyl (C=O) groups excluding carboxylic acids is 1. The van der Waals surface area contributed by atoms with Gasteiger partial charge in [-0.1, -0.05) is 30.3 Å². The third-order valence-corrected chi connectivity index (χ3v) is 2.62. The number of halogens is 1. The lowest BCUT2D eigenvalue weighted by atomic mass is 9.87. The van der Waals surface area contributed by atoms with E-state index < -0.39 is 12.0 Å². The van der Waals surface area contributed by atoms with Gasteiger partial charge in [-0.3, -0.25) is 4.79 Å². The molecule has 0 bridgehead atoms. The zero-order valence-corrected chi connectivity index (χ0v) is 9.41. The van der Waals surface area contributed by atoms with Crippen LogP contribution in [0.2, 0.25) is 0 Å². The van der Waals surface area contributed by atoms with Crippen LogP contribution in [0, 0.1) is 11.8 Å². The largest absolute Gasteiger partial charge is 0.465 e. The summed E-state index contributed by atoms with van der Waals surface area (Å²) in [6.45, 7) is 5.68. The van der Waals surface area contributed by atoms with Crippen LogP contribution in [-0.2, 0) is 9.53 Å². The summed E-state index contributed by atoms with van der Waals surface area (Å²) in [5, 5.41) is 10.2. The van der Waals surface area contributed by atoms with Crippen molar-refractivity contribution in [2.45, 2.75) is 19.4 Å². The van der Waals surface area contributed by atoms with E-state index in [-0.39, 0.29) is 11.9 Å². The molecule has 0 aromatic heterocycles. The van der Waals surface area contributed by atoms with Gasteiger partial charge in [0, 0.05) is 11.0 Å². The first-order chi connectivity index (χ1) is 7.06. The molecule has 0 amide bonds. The number of hydrogen-bond donors (Lipinski definition) is 1. The van der Waals surface area contributed by atoms with Crippen LogP contribution >= 0.6 is 11.6 Å². The van der Waals surface area contributed by atoms with E-state index in [0.717, 1.165) is 0 Å². The summed E-state index contributed by atoms with van der Waals surface area (Å²) in [6.07, 6.45) is 2.99. The predicted molar refractivity (Wildman–Crippen MR) is 58.4 cm³/mol. The molecule has 1 fully saturated rings. The molecule has 0 radical (unpaired) electrons. The van der Waals surface area contributed by atoms with Gasteiger partial charge in [-0.25, -0.2) is 0 Å². The lowest BCUT2D eigenvalue weighted by Gasteiger charge is -2.17. The molecule has 15 heavy (non-hydrogen) atoms. The highest BCUT2D eigenvalue weighted by atomic mass is 35.5. The highest BCUT2D eigenvalue weighted by molar-refractivity contribution is 6.29. The molecule has 1 saturated heterocycles. The number of ether oxygens (including phenoxy) is 1. The first-order valence-electron chi connectivity index (χ1n) is 4.87. The topological polar surface area (TPSA) is 46.5 Å². The summed E-state index contributed by atoms with van der Waals surface area (Å²) < 4.78 is 4.91. The molecule has 4 heteroatoms. The Labute approximate surface area is 94.4 Å². The van der Waals surface area contributed by atoms with Gasteiger partial charge in [0.1, 0.15) is 0 Å². The summed E-state index contributed by atoms with van der Waals surface area (Å²) in [5.41, 5.74) is 0. The number of cyclic esters (lactones) is 1. The van der Waals surface area contributed by atoms with Gasteiger partial charge in [0.15, 0.2) is 0 Å². The summed E-state index contributed by atoms with van der Waals surface area (Å²) in [4.78, 5) is 11.4. The molecule has 0 saturated carbocycles. The van der Waals surface area contributed by atoms with Gasteiger partial charge in [0.25, 0.3) is 0 Å². The highest BCUT2D eigenvalue weighted by Gasteiger charge is 2.40. The highest BCUT2D eigenvalue weighted by Crippen LogP contribution is 2.31. The summed E-state index contributed by atoms with van der Waals surface area (Å²) in [7, 11) is 0. The SMILES string of the molecule is C=C(Cl)C[C@H]1COC(=O)[C@@H]1[C@@H](O)/C=C/C. The van der Waals surface area contributed by atoms with E-state index in [9.17, 15) is 9.90 Å². The Hall–Kier alpha value is -0.800. The van der Waals surface area contributed by atoms with Crippen LogP contribution < -0.4 is 0 Å². The average Bonchev–Trinajstić information content (AvgIpc) is 2.46. The summed E-state index contributed by atoms with van der Waals surface area (Å²) in [5.74, 6) is -0.950. The van der Waals surface area contributed by atoms with Gasteiger partial charge in [-0.2, -0.15) is 0 Å². The number of esters is 1. The molecule has 0 unspecified atom stereocenters.